The van der Waals surface area contributed by atoms with Gasteiger partial charge in [-0.05, 0) is 62.5 Å². The molecule has 1 aliphatic rings. The number of hydrogen-bond donors (Lipinski definition) is 1. The number of benzene rings is 2. The van der Waals surface area contributed by atoms with Gasteiger partial charge in [0.15, 0.2) is 16.6 Å². The zero-order chi connectivity index (χ0) is 19.1. The Hall–Kier alpha value is -2.31. The Morgan fingerprint density at radius 3 is 2.56 bits per heavy atom. The average Bonchev–Trinajstić information content (AvgIpc) is 3.13. The zero-order valence-corrected chi connectivity index (χ0v) is 16.8. The Kier molecular flexibility index (Phi) is 6.90. The van der Waals surface area contributed by atoms with Crippen molar-refractivity contribution >= 4 is 17.3 Å². The first-order valence-electron chi connectivity index (χ1n) is 9.22. The summed E-state index contributed by atoms with van der Waals surface area (Å²) in [6.45, 7) is 3.72. The predicted molar refractivity (Wildman–Crippen MR) is 112 cm³/mol. The van der Waals surface area contributed by atoms with Gasteiger partial charge < -0.3 is 24.6 Å². The molecule has 0 aliphatic carbocycles. The number of thiocarbonyl (C=S) groups is 1. The largest absolute Gasteiger partial charge is 0.454 e. The van der Waals surface area contributed by atoms with Crippen LogP contribution in [0.25, 0.3) is 0 Å². The molecule has 27 heavy (non-hydrogen) atoms. The third-order valence-corrected chi connectivity index (χ3v) is 4.82. The van der Waals surface area contributed by atoms with Crippen LogP contribution in [0.15, 0.2) is 48.5 Å². The monoisotopic (exact) mass is 385 g/mol. The highest BCUT2D eigenvalue weighted by Crippen LogP contribution is 2.32. The smallest absolute Gasteiger partial charge is 0.231 e. The molecule has 1 N–H and O–H groups in total. The molecule has 5 nitrogen and oxygen atoms in total. The van der Waals surface area contributed by atoms with E-state index < -0.39 is 0 Å². The number of nitrogens with zero attached hydrogens (tertiary/aromatic N) is 2. The molecule has 1 heterocycles. The maximum Gasteiger partial charge on any atom is 0.231 e. The molecule has 2 aromatic rings. The third-order valence-electron chi connectivity index (χ3n) is 4.42. The molecule has 0 amide bonds. The lowest BCUT2D eigenvalue weighted by Crippen LogP contribution is -2.40. The van der Waals surface area contributed by atoms with Crippen molar-refractivity contribution in [2.75, 3.05) is 34.0 Å². The van der Waals surface area contributed by atoms with Crippen LogP contribution in [-0.2, 0) is 13.1 Å². The van der Waals surface area contributed by atoms with E-state index in [9.17, 15) is 0 Å². The summed E-state index contributed by atoms with van der Waals surface area (Å²) in [6.07, 6.45) is 1.06. The lowest BCUT2D eigenvalue weighted by Gasteiger charge is -2.27. The molecule has 2 aromatic carbocycles. The minimum absolute atomic E-state index is 0.293. The van der Waals surface area contributed by atoms with E-state index in [2.05, 4.69) is 53.5 Å². The van der Waals surface area contributed by atoms with Crippen LogP contribution in [0.2, 0.25) is 0 Å². The summed E-state index contributed by atoms with van der Waals surface area (Å²) in [7, 11) is 4.19. The lowest BCUT2D eigenvalue weighted by molar-refractivity contribution is 0.174. The number of fused-ring (bicyclic) bond motifs is 1. The van der Waals surface area contributed by atoms with Crippen molar-refractivity contribution in [1.82, 2.24) is 15.1 Å². The highest BCUT2D eigenvalue weighted by atomic mass is 32.1. The van der Waals surface area contributed by atoms with Crippen LogP contribution in [0.4, 0.5) is 0 Å². The van der Waals surface area contributed by atoms with E-state index in [1.54, 1.807) is 0 Å². The van der Waals surface area contributed by atoms with Crippen molar-refractivity contribution in [1.29, 1.82) is 0 Å². The third kappa shape index (κ3) is 5.84. The summed E-state index contributed by atoms with van der Waals surface area (Å²) < 4.78 is 10.8. The van der Waals surface area contributed by atoms with Crippen LogP contribution in [0.3, 0.4) is 0 Å². The molecule has 0 atom stereocenters. The standard InChI is InChI=1S/C21H27N3O2S/c1-23(2)11-6-12-24(15-17-7-4-3-5-8-17)21(27)22-14-18-9-10-19-20(13-18)26-16-25-19/h3-5,7-10,13H,6,11-12,14-16H2,1-2H3,(H,22,27). The zero-order valence-electron chi connectivity index (χ0n) is 16.0. The van der Waals surface area contributed by atoms with E-state index in [4.69, 9.17) is 21.7 Å². The first-order chi connectivity index (χ1) is 13.1. The first-order valence-corrected chi connectivity index (χ1v) is 9.62. The SMILES string of the molecule is CN(C)CCCN(Cc1ccccc1)C(=S)NCc1ccc2c(c1)OCO2. The van der Waals surface area contributed by atoms with Crippen LogP contribution in [-0.4, -0.2) is 48.9 Å². The molecule has 0 aromatic heterocycles. The quantitative estimate of drug-likeness (QED) is 0.703. The molecule has 0 saturated heterocycles. The van der Waals surface area contributed by atoms with Gasteiger partial charge in [0, 0.05) is 19.6 Å². The molecular formula is C21H27N3O2S. The Morgan fingerprint density at radius 2 is 1.78 bits per heavy atom. The van der Waals surface area contributed by atoms with Gasteiger partial charge in [-0.3, -0.25) is 0 Å². The molecule has 3 rings (SSSR count). The maximum absolute atomic E-state index is 5.70. The van der Waals surface area contributed by atoms with Gasteiger partial charge in [-0.1, -0.05) is 36.4 Å². The molecule has 0 saturated carbocycles. The van der Waals surface area contributed by atoms with Gasteiger partial charge in [-0.25, -0.2) is 0 Å². The molecular weight excluding hydrogens is 358 g/mol. The number of hydrogen-bond acceptors (Lipinski definition) is 4. The van der Waals surface area contributed by atoms with Crippen LogP contribution in [0, 0.1) is 0 Å². The van der Waals surface area contributed by atoms with Crippen LogP contribution >= 0.6 is 12.2 Å². The van der Waals surface area contributed by atoms with Crippen molar-refractivity contribution in [2.24, 2.45) is 0 Å². The summed E-state index contributed by atoms with van der Waals surface area (Å²) in [6, 6.07) is 16.4. The highest BCUT2D eigenvalue weighted by Gasteiger charge is 2.14. The second-order valence-corrected chi connectivity index (χ2v) is 7.30. The van der Waals surface area contributed by atoms with Crippen LogP contribution < -0.4 is 14.8 Å². The van der Waals surface area contributed by atoms with Gasteiger partial charge in [-0.15, -0.1) is 0 Å². The Labute approximate surface area is 166 Å². The van der Waals surface area contributed by atoms with E-state index in [0.717, 1.165) is 48.2 Å². The normalized spacial score (nSPS) is 12.3. The van der Waals surface area contributed by atoms with Crippen molar-refractivity contribution in [3.63, 3.8) is 0 Å². The first kappa shape index (κ1) is 19.5. The van der Waals surface area contributed by atoms with Crippen molar-refractivity contribution in [3.8, 4) is 11.5 Å². The second-order valence-electron chi connectivity index (χ2n) is 6.91. The van der Waals surface area contributed by atoms with Gasteiger partial charge in [0.1, 0.15) is 0 Å². The molecule has 1 aliphatic heterocycles. The number of rotatable bonds is 8. The maximum atomic E-state index is 5.70. The predicted octanol–water partition coefficient (Wildman–Crippen LogP) is 3.24. The van der Waals surface area contributed by atoms with Gasteiger partial charge in [0.05, 0.1) is 0 Å². The van der Waals surface area contributed by atoms with Gasteiger partial charge in [0.2, 0.25) is 6.79 Å². The van der Waals surface area contributed by atoms with E-state index in [-0.39, 0.29) is 0 Å². The van der Waals surface area contributed by atoms with Gasteiger partial charge in [0.25, 0.3) is 0 Å². The fourth-order valence-electron chi connectivity index (χ4n) is 2.97. The van der Waals surface area contributed by atoms with E-state index in [1.165, 1.54) is 5.56 Å². The Morgan fingerprint density at radius 1 is 1.00 bits per heavy atom. The molecule has 0 bridgehead atoms. The van der Waals surface area contributed by atoms with E-state index in [1.807, 2.05) is 24.3 Å². The summed E-state index contributed by atoms with van der Waals surface area (Å²) >= 11 is 5.70. The minimum atomic E-state index is 0.293. The fourth-order valence-corrected chi connectivity index (χ4v) is 3.20. The second kappa shape index (κ2) is 9.58. The van der Waals surface area contributed by atoms with Crippen LogP contribution in [0.5, 0.6) is 11.5 Å². The number of ether oxygens (including phenoxy) is 2. The van der Waals surface area contributed by atoms with Gasteiger partial charge in [-0.2, -0.15) is 0 Å². The molecule has 0 unspecified atom stereocenters. The highest BCUT2D eigenvalue weighted by molar-refractivity contribution is 7.80. The average molecular weight is 386 g/mol. The lowest BCUT2D eigenvalue weighted by atomic mass is 10.2. The van der Waals surface area contributed by atoms with Crippen molar-refractivity contribution < 1.29 is 9.47 Å². The Bertz CT molecular complexity index is 752. The molecule has 0 radical (unpaired) electrons. The topological polar surface area (TPSA) is 37.0 Å². The summed E-state index contributed by atoms with van der Waals surface area (Å²) in [4.78, 5) is 4.44. The fraction of sp³-hybridized carbons (Fsp3) is 0.381. The minimum Gasteiger partial charge on any atom is -0.454 e. The molecule has 144 valence electrons. The van der Waals surface area contributed by atoms with Crippen molar-refractivity contribution in [3.05, 3.63) is 59.7 Å². The van der Waals surface area contributed by atoms with E-state index >= 15 is 0 Å². The molecule has 0 spiro atoms. The number of nitrogens with one attached hydrogen (secondary N) is 1. The molecule has 6 heteroatoms. The van der Waals surface area contributed by atoms with E-state index in [0.29, 0.717) is 13.3 Å². The summed E-state index contributed by atoms with van der Waals surface area (Å²) in [5.41, 5.74) is 2.38. The van der Waals surface area contributed by atoms with Crippen molar-refractivity contribution in [2.45, 2.75) is 19.5 Å². The summed E-state index contributed by atoms with van der Waals surface area (Å²) in [5.74, 6) is 1.60. The Balaban J connectivity index is 1.59. The van der Waals surface area contributed by atoms with Gasteiger partial charge >= 0.3 is 0 Å². The summed E-state index contributed by atoms with van der Waals surface area (Å²) in [5, 5.41) is 4.17. The molecule has 0 fully saturated rings. The van der Waals surface area contributed by atoms with Crippen LogP contribution in [0.1, 0.15) is 17.5 Å².